The van der Waals surface area contributed by atoms with E-state index < -0.39 is 4.92 Å². The zero-order valence-corrected chi connectivity index (χ0v) is 12.6. The lowest BCUT2D eigenvalue weighted by Gasteiger charge is -2.11. The molecule has 0 fully saturated rings. The summed E-state index contributed by atoms with van der Waals surface area (Å²) in [7, 11) is 1.53. The second-order valence-corrected chi connectivity index (χ2v) is 5.06. The van der Waals surface area contributed by atoms with Crippen molar-refractivity contribution in [3.05, 3.63) is 50.1 Å². The second-order valence-electron chi connectivity index (χ2n) is 3.76. The molecule has 0 radical (unpaired) electrons. The first-order valence-electron chi connectivity index (χ1n) is 5.42. The number of benzene rings is 1. The van der Waals surface area contributed by atoms with Gasteiger partial charge in [0.15, 0.2) is 0 Å². The molecule has 0 aliphatic rings. The van der Waals surface area contributed by atoms with Gasteiger partial charge in [0.25, 0.3) is 5.69 Å². The first kappa shape index (κ1) is 14.5. The van der Waals surface area contributed by atoms with Crippen LogP contribution in [0.1, 0.15) is 0 Å². The van der Waals surface area contributed by atoms with Gasteiger partial charge >= 0.3 is 0 Å². The lowest BCUT2D eigenvalue weighted by Crippen LogP contribution is -1.98. The lowest BCUT2D eigenvalue weighted by atomic mass is 10.3. The number of nitro groups is 1. The number of nitrogens with one attached hydrogen (secondary N) is 1. The molecule has 0 aliphatic heterocycles. The molecule has 2 aromatic rings. The Bertz CT molecular complexity index is 666. The van der Waals surface area contributed by atoms with Gasteiger partial charge in [-0.05, 0) is 18.2 Å². The molecule has 1 aromatic carbocycles. The predicted molar refractivity (Wildman–Crippen MR) is 79.9 cm³/mol. The molecule has 104 valence electrons. The maximum atomic E-state index is 10.8. The summed E-state index contributed by atoms with van der Waals surface area (Å²) in [5.74, 6) is 0.846. The minimum absolute atomic E-state index is 0.0377. The van der Waals surface area contributed by atoms with E-state index in [4.69, 9.17) is 16.3 Å². The highest BCUT2D eigenvalue weighted by Gasteiger charge is 2.12. The predicted octanol–water partition coefficient (Wildman–Crippen LogP) is 4.16. The third-order valence-electron chi connectivity index (χ3n) is 2.41. The number of halogens is 2. The maximum absolute atomic E-state index is 10.8. The van der Waals surface area contributed by atoms with E-state index in [9.17, 15) is 10.1 Å². The highest BCUT2D eigenvalue weighted by molar-refractivity contribution is 9.10. The Morgan fingerprint density at radius 3 is 2.80 bits per heavy atom. The molecular formula is C12H9BrClN3O3. The molecular weight excluding hydrogens is 350 g/mol. The van der Waals surface area contributed by atoms with Crippen LogP contribution in [0.2, 0.25) is 5.15 Å². The van der Waals surface area contributed by atoms with Gasteiger partial charge in [0.1, 0.15) is 16.7 Å². The second kappa shape index (κ2) is 6.06. The van der Waals surface area contributed by atoms with Crippen molar-refractivity contribution in [2.45, 2.75) is 0 Å². The highest BCUT2D eigenvalue weighted by atomic mass is 79.9. The van der Waals surface area contributed by atoms with Crippen LogP contribution in [0.4, 0.5) is 17.2 Å². The SMILES string of the molecule is COc1ccc(Br)cc1Nc1cc([N+](=O)[O-])cc(Cl)n1. The van der Waals surface area contributed by atoms with Crippen LogP contribution in [-0.2, 0) is 0 Å². The van der Waals surface area contributed by atoms with Crippen molar-refractivity contribution < 1.29 is 9.66 Å². The number of rotatable bonds is 4. The number of hydrogen-bond donors (Lipinski definition) is 1. The number of methoxy groups -OCH3 is 1. The van der Waals surface area contributed by atoms with Crippen molar-refractivity contribution in [3.63, 3.8) is 0 Å². The summed E-state index contributed by atoms with van der Waals surface area (Å²) in [5, 5.41) is 13.8. The fraction of sp³-hybridized carbons (Fsp3) is 0.0833. The monoisotopic (exact) mass is 357 g/mol. The van der Waals surface area contributed by atoms with E-state index in [-0.39, 0.29) is 16.7 Å². The van der Waals surface area contributed by atoms with E-state index in [1.165, 1.54) is 19.2 Å². The number of ether oxygens (including phenoxy) is 1. The average molecular weight is 359 g/mol. The van der Waals surface area contributed by atoms with Crippen LogP contribution in [-0.4, -0.2) is 17.0 Å². The van der Waals surface area contributed by atoms with E-state index >= 15 is 0 Å². The number of pyridine rings is 1. The van der Waals surface area contributed by atoms with Crippen LogP contribution in [0.3, 0.4) is 0 Å². The van der Waals surface area contributed by atoms with E-state index in [1.807, 2.05) is 6.07 Å². The van der Waals surface area contributed by atoms with Crippen LogP contribution < -0.4 is 10.1 Å². The summed E-state index contributed by atoms with van der Waals surface area (Å²) in [6.45, 7) is 0. The van der Waals surface area contributed by atoms with Crippen molar-refractivity contribution in [2.75, 3.05) is 12.4 Å². The number of nitrogens with zero attached hydrogens (tertiary/aromatic N) is 2. The summed E-state index contributed by atoms with van der Waals surface area (Å²) in [5.41, 5.74) is 0.479. The van der Waals surface area contributed by atoms with Crippen molar-refractivity contribution >= 4 is 44.7 Å². The Kier molecular flexibility index (Phi) is 4.41. The van der Waals surface area contributed by atoms with E-state index in [1.54, 1.807) is 12.1 Å². The van der Waals surface area contributed by atoms with E-state index in [0.717, 1.165) is 4.47 Å². The quantitative estimate of drug-likeness (QED) is 0.504. The molecule has 2 rings (SSSR count). The largest absolute Gasteiger partial charge is 0.495 e. The normalized spacial score (nSPS) is 10.2. The van der Waals surface area contributed by atoms with Crippen LogP contribution >= 0.6 is 27.5 Å². The average Bonchev–Trinajstić information content (AvgIpc) is 2.38. The minimum Gasteiger partial charge on any atom is -0.495 e. The summed E-state index contributed by atoms with van der Waals surface area (Å²) in [4.78, 5) is 14.3. The molecule has 20 heavy (non-hydrogen) atoms. The van der Waals surface area contributed by atoms with Crippen molar-refractivity contribution in [1.82, 2.24) is 4.98 Å². The smallest absolute Gasteiger partial charge is 0.276 e. The van der Waals surface area contributed by atoms with Gasteiger partial charge in [-0.2, -0.15) is 0 Å². The van der Waals surface area contributed by atoms with Crippen LogP contribution in [0.5, 0.6) is 5.75 Å². The molecule has 0 saturated heterocycles. The number of anilines is 2. The molecule has 0 bridgehead atoms. The Labute approximate surface area is 128 Å². The van der Waals surface area contributed by atoms with Crippen LogP contribution in [0.15, 0.2) is 34.8 Å². The molecule has 0 atom stereocenters. The van der Waals surface area contributed by atoms with Crippen LogP contribution in [0.25, 0.3) is 0 Å². The Morgan fingerprint density at radius 1 is 1.40 bits per heavy atom. The Hall–Kier alpha value is -1.86. The van der Waals surface area contributed by atoms with Crippen LogP contribution in [0, 0.1) is 10.1 Å². The first-order valence-corrected chi connectivity index (χ1v) is 6.59. The lowest BCUT2D eigenvalue weighted by molar-refractivity contribution is -0.384. The molecule has 0 amide bonds. The molecule has 8 heteroatoms. The van der Waals surface area contributed by atoms with Crippen molar-refractivity contribution in [1.29, 1.82) is 0 Å². The third-order valence-corrected chi connectivity index (χ3v) is 3.10. The Morgan fingerprint density at radius 2 is 2.15 bits per heavy atom. The first-order chi connectivity index (χ1) is 9.49. The van der Waals surface area contributed by atoms with Crippen molar-refractivity contribution in [3.8, 4) is 5.75 Å². The number of hydrogen-bond acceptors (Lipinski definition) is 5. The van der Waals surface area contributed by atoms with Gasteiger partial charge in [-0.1, -0.05) is 27.5 Å². The topological polar surface area (TPSA) is 77.3 Å². The van der Waals surface area contributed by atoms with Gasteiger partial charge in [0, 0.05) is 4.47 Å². The third kappa shape index (κ3) is 3.37. The van der Waals surface area contributed by atoms with Gasteiger partial charge in [-0.15, -0.1) is 0 Å². The zero-order valence-electron chi connectivity index (χ0n) is 10.3. The molecule has 0 aliphatic carbocycles. The summed E-state index contributed by atoms with van der Waals surface area (Å²) < 4.78 is 6.03. The van der Waals surface area contributed by atoms with Gasteiger partial charge in [-0.25, -0.2) is 4.98 Å². The number of aromatic nitrogens is 1. The fourth-order valence-corrected chi connectivity index (χ4v) is 2.13. The minimum atomic E-state index is -0.531. The Balaban J connectivity index is 2.39. The summed E-state index contributed by atoms with van der Waals surface area (Å²) in [6, 6.07) is 7.83. The zero-order chi connectivity index (χ0) is 14.7. The molecule has 6 nitrogen and oxygen atoms in total. The van der Waals surface area contributed by atoms with Gasteiger partial charge in [-0.3, -0.25) is 10.1 Å². The highest BCUT2D eigenvalue weighted by Crippen LogP contribution is 2.31. The van der Waals surface area contributed by atoms with E-state index in [2.05, 4.69) is 26.2 Å². The standard InChI is InChI=1S/C12H9BrClN3O3/c1-20-10-3-2-7(13)4-9(10)15-12-6-8(17(18)19)5-11(14)16-12/h2-6H,1H3,(H,15,16). The molecule has 0 spiro atoms. The maximum Gasteiger partial charge on any atom is 0.276 e. The molecule has 0 unspecified atom stereocenters. The molecule has 0 saturated carbocycles. The van der Waals surface area contributed by atoms with Gasteiger partial charge < -0.3 is 10.1 Å². The van der Waals surface area contributed by atoms with E-state index in [0.29, 0.717) is 11.4 Å². The molecule has 1 aromatic heterocycles. The fourth-order valence-electron chi connectivity index (χ4n) is 1.57. The molecule has 1 heterocycles. The van der Waals surface area contributed by atoms with Gasteiger partial charge in [0.2, 0.25) is 0 Å². The summed E-state index contributed by atoms with van der Waals surface area (Å²) >= 11 is 9.11. The molecule has 1 N–H and O–H groups in total. The summed E-state index contributed by atoms with van der Waals surface area (Å²) in [6.07, 6.45) is 0. The van der Waals surface area contributed by atoms with Crippen molar-refractivity contribution in [2.24, 2.45) is 0 Å². The van der Waals surface area contributed by atoms with Gasteiger partial charge in [0.05, 0.1) is 29.9 Å².